The van der Waals surface area contributed by atoms with E-state index in [2.05, 4.69) is 35.1 Å². The van der Waals surface area contributed by atoms with Gasteiger partial charge in [-0.05, 0) is 44.0 Å². The number of nitrogen functional groups attached to an aromatic ring is 1. The number of hydrogen-bond acceptors (Lipinski definition) is 6. The minimum atomic E-state index is -1.09. The number of nitrogens with zero attached hydrogens (tertiary/aromatic N) is 6. The standard InChI is InChI=1S/C27H33N7O2/c1-17(2)33-22(9-11-30-33)21-14-23(34-24(21)25(28)29-16-31-34)19-7-6-8-20(13-19)27(36)10-12-32(18(3)35)15-26(27,4)5/h6-9,11,13-14,16-17,36H,10,12,15H2,1-5H3,(H2,28,29,31). The number of fused-ring (bicyclic) bond motifs is 1. The summed E-state index contributed by atoms with van der Waals surface area (Å²) in [5.41, 5.74) is 9.84. The Morgan fingerprint density at radius 1 is 1.14 bits per heavy atom. The lowest BCUT2D eigenvalue weighted by Gasteiger charge is -2.50. The second kappa shape index (κ2) is 8.44. The second-order valence-electron chi connectivity index (χ2n) is 10.6. The average Bonchev–Trinajstić information content (AvgIpc) is 3.46. The number of piperidine rings is 1. The summed E-state index contributed by atoms with van der Waals surface area (Å²) in [6.07, 6.45) is 3.70. The van der Waals surface area contributed by atoms with E-state index in [1.807, 2.05) is 58.3 Å². The van der Waals surface area contributed by atoms with Crippen molar-refractivity contribution in [2.75, 3.05) is 18.8 Å². The van der Waals surface area contributed by atoms with Gasteiger partial charge in [-0.15, -0.1) is 0 Å². The van der Waals surface area contributed by atoms with Crippen LogP contribution in [0.1, 0.15) is 52.6 Å². The Morgan fingerprint density at radius 3 is 2.61 bits per heavy atom. The molecule has 1 aliphatic heterocycles. The molecule has 0 saturated carbocycles. The minimum absolute atomic E-state index is 0.0315. The van der Waals surface area contributed by atoms with Gasteiger partial charge in [-0.1, -0.05) is 32.0 Å². The normalized spacial score (nSPS) is 19.8. The molecule has 1 fully saturated rings. The number of aromatic nitrogens is 5. The molecule has 3 N–H and O–H groups in total. The molecule has 1 aliphatic rings. The number of carbonyl (C=O) groups is 1. The predicted molar refractivity (Wildman–Crippen MR) is 139 cm³/mol. The average molecular weight is 488 g/mol. The number of likely N-dealkylation sites (tertiary alicyclic amines) is 1. The third-order valence-electron chi connectivity index (χ3n) is 7.55. The highest BCUT2D eigenvalue weighted by Crippen LogP contribution is 2.47. The second-order valence-corrected chi connectivity index (χ2v) is 10.6. The summed E-state index contributed by atoms with van der Waals surface area (Å²) < 4.78 is 3.76. The highest BCUT2D eigenvalue weighted by atomic mass is 16.3. The van der Waals surface area contributed by atoms with Crippen molar-refractivity contribution in [3.8, 4) is 22.5 Å². The van der Waals surface area contributed by atoms with Crippen molar-refractivity contribution in [3.63, 3.8) is 0 Å². The van der Waals surface area contributed by atoms with Crippen LogP contribution >= 0.6 is 0 Å². The number of aliphatic hydroxyl groups is 1. The predicted octanol–water partition coefficient (Wildman–Crippen LogP) is 3.89. The van der Waals surface area contributed by atoms with Crippen LogP contribution in [-0.2, 0) is 10.4 Å². The monoisotopic (exact) mass is 487 g/mol. The summed E-state index contributed by atoms with van der Waals surface area (Å²) in [6, 6.07) is 12.1. The van der Waals surface area contributed by atoms with Crippen molar-refractivity contribution in [3.05, 3.63) is 54.5 Å². The van der Waals surface area contributed by atoms with Gasteiger partial charge in [0.1, 0.15) is 11.8 Å². The van der Waals surface area contributed by atoms with E-state index in [-0.39, 0.29) is 11.9 Å². The van der Waals surface area contributed by atoms with Gasteiger partial charge in [-0.25, -0.2) is 9.50 Å². The maximum absolute atomic E-state index is 12.0. The first-order valence-corrected chi connectivity index (χ1v) is 12.3. The molecule has 1 amide bonds. The fourth-order valence-electron chi connectivity index (χ4n) is 5.47. The Kier molecular flexibility index (Phi) is 5.63. The van der Waals surface area contributed by atoms with E-state index in [1.54, 1.807) is 13.1 Å². The SMILES string of the molecule is CC(=O)N1CCC(O)(c2cccc(-c3cc(-c4ccnn4C(C)C)c4c(N)ncnn34)c2)C(C)(C)C1. The van der Waals surface area contributed by atoms with Gasteiger partial charge in [0.2, 0.25) is 5.91 Å². The van der Waals surface area contributed by atoms with Gasteiger partial charge in [0.25, 0.3) is 0 Å². The van der Waals surface area contributed by atoms with Crippen LogP contribution in [0.5, 0.6) is 0 Å². The van der Waals surface area contributed by atoms with Gasteiger partial charge in [0.05, 0.1) is 17.0 Å². The molecule has 0 radical (unpaired) electrons. The largest absolute Gasteiger partial charge is 0.384 e. The third kappa shape index (κ3) is 3.65. The zero-order valence-corrected chi connectivity index (χ0v) is 21.4. The molecule has 1 saturated heterocycles. The molecule has 9 nitrogen and oxygen atoms in total. The highest BCUT2D eigenvalue weighted by Gasteiger charge is 2.49. The zero-order valence-electron chi connectivity index (χ0n) is 21.4. The molecule has 9 heteroatoms. The van der Waals surface area contributed by atoms with Crippen molar-refractivity contribution in [2.24, 2.45) is 5.41 Å². The molecule has 5 rings (SSSR count). The van der Waals surface area contributed by atoms with Crippen molar-refractivity contribution in [1.29, 1.82) is 0 Å². The maximum Gasteiger partial charge on any atom is 0.219 e. The molecule has 1 unspecified atom stereocenters. The molecule has 36 heavy (non-hydrogen) atoms. The van der Waals surface area contributed by atoms with Crippen LogP contribution in [0, 0.1) is 5.41 Å². The molecule has 4 aromatic rings. The van der Waals surface area contributed by atoms with Crippen molar-refractivity contribution in [2.45, 2.75) is 52.7 Å². The summed E-state index contributed by atoms with van der Waals surface area (Å²) in [7, 11) is 0. The van der Waals surface area contributed by atoms with Crippen LogP contribution < -0.4 is 5.73 Å². The van der Waals surface area contributed by atoms with Crippen molar-refractivity contribution < 1.29 is 9.90 Å². The van der Waals surface area contributed by atoms with E-state index in [9.17, 15) is 9.90 Å². The number of rotatable bonds is 4. The van der Waals surface area contributed by atoms with Gasteiger partial charge < -0.3 is 15.7 Å². The van der Waals surface area contributed by atoms with Crippen LogP contribution in [0.25, 0.3) is 28.0 Å². The van der Waals surface area contributed by atoms with Crippen molar-refractivity contribution in [1.82, 2.24) is 29.3 Å². The van der Waals surface area contributed by atoms with Gasteiger partial charge in [0, 0.05) is 48.8 Å². The molecule has 1 aromatic carbocycles. The number of carbonyl (C=O) groups excluding carboxylic acids is 1. The Balaban J connectivity index is 1.65. The first kappa shape index (κ1) is 24.0. The topological polar surface area (TPSA) is 115 Å². The molecule has 0 spiro atoms. The molecular formula is C27H33N7O2. The van der Waals surface area contributed by atoms with Crippen LogP contribution in [0.15, 0.2) is 48.9 Å². The molecular weight excluding hydrogens is 454 g/mol. The van der Waals surface area contributed by atoms with E-state index < -0.39 is 11.0 Å². The van der Waals surface area contributed by atoms with Crippen LogP contribution in [0.2, 0.25) is 0 Å². The summed E-state index contributed by atoms with van der Waals surface area (Å²) in [5, 5.41) is 21.0. The summed E-state index contributed by atoms with van der Waals surface area (Å²) in [6.45, 7) is 10.8. The quantitative estimate of drug-likeness (QED) is 0.451. The lowest BCUT2D eigenvalue weighted by atomic mass is 9.66. The number of anilines is 1. The Labute approximate surface area is 210 Å². The minimum Gasteiger partial charge on any atom is -0.384 e. The maximum atomic E-state index is 12.0. The van der Waals surface area contributed by atoms with E-state index in [0.29, 0.717) is 30.8 Å². The summed E-state index contributed by atoms with van der Waals surface area (Å²) >= 11 is 0. The van der Waals surface area contributed by atoms with E-state index >= 15 is 0 Å². The van der Waals surface area contributed by atoms with Crippen LogP contribution in [0.3, 0.4) is 0 Å². The molecule has 4 heterocycles. The molecule has 188 valence electrons. The van der Waals surface area contributed by atoms with Crippen LogP contribution in [0.4, 0.5) is 5.82 Å². The van der Waals surface area contributed by atoms with Gasteiger partial charge in [0.15, 0.2) is 5.82 Å². The first-order valence-electron chi connectivity index (χ1n) is 12.3. The molecule has 1 atom stereocenters. The lowest BCUT2D eigenvalue weighted by molar-refractivity contribution is -0.151. The Morgan fingerprint density at radius 2 is 1.92 bits per heavy atom. The number of benzene rings is 1. The number of amides is 1. The fourth-order valence-corrected chi connectivity index (χ4v) is 5.47. The third-order valence-corrected chi connectivity index (χ3v) is 7.55. The van der Waals surface area contributed by atoms with Crippen LogP contribution in [-0.4, -0.2) is 53.4 Å². The Bertz CT molecular complexity index is 1450. The molecule has 0 aliphatic carbocycles. The van der Waals surface area contributed by atoms with Gasteiger partial charge >= 0.3 is 0 Å². The summed E-state index contributed by atoms with van der Waals surface area (Å²) in [5.74, 6) is 0.416. The number of hydrogen-bond donors (Lipinski definition) is 2. The number of nitrogens with two attached hydrogens (primary N) is 1. The van der Waals surface area contributed by atoms with Gasteiger partial charge in [-0.3, -0.25) is 9.48 Å². The zero-order chi connectivity index (χ0) is 25.8. The van der Waals surface area contributed by atoms with Gasteiger partial charge in [-0.2, -0.15) is 10.2 Å². The van der Waals surface area contributed by atoms with E-state index in [4.69, 9.17) is 5.73 Å². The van der Waals surface area contributed by atoms with Crippen molar-refractivity contribution >= 4 is 17.2 Å². The molecule has 3 aromatic heterocycles. The Hall–Kier alpha value is -3.72. The smallest absolute Gasteiger partial charge is 0.219 e. The summed E-state index contributed by atoms with van der Waals surface area (Å²) in [4.78, 5) is 18.1. The first-order chi connectivity index (χ1) is 17.0. The van der Waals surface area contributed by atoms with E-state index in [0.717, 1.165) is 28.1 Å². The lowest BCUT2D eigenvalue weighted by Crippen LogP contribution is -2.56. The molecule has 0 bridgehead atoms. The highest BCUT2D eigenvalue weighted by molar-refractivity contribution is 5.91. The fraction of sp³-hybridized carbons (Fsp3) is 0.407. The van der Waals surface area contributed by atoms with E-state index in [1.165, 1.54) is 6.33 Å².